The number of piperidine rings is 2. The number of fused-ring (bicyclic) bond motifs is 4. The van der Waals surface area contributed by atoms with Crippen molar-refractivity contribution >= 4 is 46.3 Å². The van der Waals surface area contributed by atoms with Gasteiger partial charge in [0.25, 0.3) is 11.8 Å². The first kappa shape index (κ1) is 71.6. The first-order chi connectivity index (χ1) is 35.5. The summed E-state index contributed by atoms with van der Waals surface area (Å²) in [6, 6.07) is 6.84. The summed E-state index contributed by atoms with van der Waals surface area (Å²) in [5.41, 5.74) is 5.69. The molecule has 4 heterocycles. The number of quaternary nitrogens is 1. The first-order valence-corrected chi connectivity index (χ1v) is 29.5. The van der Waals surface area contributed by atoms with Crippen LogP contribution in [0, 0.1) is 0 Å². The van der Waals surface area contributed by atoms with Gasteiger partial charge in [0.2, 0.25) is 10.4 Å². The summed E-state index contributed by atoms with van der Waals surface area (Å²) in [6.07, 6.45) is 16.3. The number of rotatable bonds is 30. The molecular formula is C51H98N8O14S2. The van der Waals surface area contributed by atoms with Crippen molar-refractivity contribution in [2.45, 2.75) is 190 Å². The van der Waals surface area contributed by atoms with Crippen LogP contribution in [0.5, 0.6) is 0 Å². The van der Waals surface area contributed by atoms with E-state index in [2.05, 4.69) is 78.0 Å². The molecule has 24 heteroatoms. The maximum Gasteiger partial charge on any atom is 0.346 e. The standard InChI is InChI=1S/C17H23N3O4.C16H36N.C10H17N3O7S.C6H15N.CH4O3S.CH4/c1-2-10-23-18-16(21)15-9-8-14-11-19(15)17(22)20(14)24-12-13-6-4-3-5-7-13;1-5-9-13-17(14-10-6-2,15-11-7-3)16-12-8-4;1-2-5-19-11-9(14)8-4-3-7-6-12(8)10(15)13(7)20-21(16,17)18;1-4-7(5-2)6-3;1-5-4-3-2;/h3-7,14-15H,2,8-12H2,1H3,(H,18,21);5-16H2,1-4H3;7-8H,2-6H2,1H3,(H,11,14)(H,16,17,18);4-6H2,1-3H3;2H,1H3;1H4/q;+1;;;;/p-1/t14-,15+;;7-,8+;;;/m1.1.../s1. The van der Waals surface area contributed by atoms with Crippen molar-refractivity contribution in [3.63, 3.8) is 0 Å². The van der Waals surface area contributed by atoms with Crippen molar-refractivity contribution in [3.8, 4) is 0 Å². The first-order valence-electron chi connectivity index (χ1n) is 27.0. The van der Waals surface area contributed by atoms with Gasteiger partial charge in [-0.3, -0.25) is 24.1 Å². The van der Waals surface area contributed by atoms with Crippen LogP contribution in [0.25, 0.3) is 0 Å². The van der Waals surface area contributed by atoms with Gasteiger partial charge in [-0.05, 0) is 89.4 Å². The van der Waals surface area contributed by atoms with Crippen LogP contribution in [0.3, 0.4) is 0 Å². The topological polar surface area (TPSA) is 241 Å². The Morgan fingerprint density at radius 1 is 0.693 bits per heavy atom. The lowest BCUT2D eigenvalue weighted by atomic mass is 10.0. The molecule has 4 fully saturated rings. The number of nitrogens with zero attached hydrogens (tertiary/aromatic N) is 6. The minimum absolute atomic E-state index is 0. The molecule has 6 amide bonds. The Labute approximate surface area is 455 Å². The molecule has 4 aliphatic rings. The highest BCUT2D eigenvalue weighted by Crippen LogP contribution is 2.32. The molecule has 438 valence electrons. The summed E-state index contributed by atoms with van der Waals surface area (Å²) in [5, 5.41) is 12.4. The molecule has 0 saturated carbocycles. The molecule has 0 radical (unpaired) electrons. The molecule has 1 aromatic carbocycles. The highest BCUT2D eigenvalue weighted by atomic mass is 32.3. The molecule has 5 rings (SSSR count). The number of carbonyl (C=O) groups is 4. The maximum atomic E-state index is 12.6. The van der Waals surface area contributed by atoms with Gasteiger partial charge in [0.1, 0.15) is 18.7 Å². The van der Waals surface area contributed by atoms with E-state index in [9.17, 15) is 32.1 Å². The van der Waals surface area contributed by atoms with Gasteiger partial charge in [-0.1, -0.05) is 131 Å². The van der Waals surface area contributed by atoms with E-state index in [0.29, 0.717) is 50.7 Å². The van der Waals surface area contributed by atoms with Crippen LogP contribution in [0.1, 0.15) is 165 Å². The normalized spacial score (nSPS) is 18.6. The lowest BCUT2D eigenvalue weighted by Crippen LogP contribution is -2.50. The van der Waals surface area contributed by atoms with Gasteiger partial charge in [-0.15, -0.1) is 4.33 Å². The highest BCUT2D eigenvalue weighted by molar-refractivity contribution is 7.93. The number of hydrogen-bond donors (Lipinski definition) is 3. The summed E-state index contributed by atoms with van der Waals surface area (Å²) < 4.78 is 41.2. The average Bonchev–Trinajstić information content (AvgIpc) is 3.77. The number of hydroxylamine groups is 6. The Bertz CT molecular complexity index is 1730. The second-order valence-corrected chi connectivity index (χ2v) is 19.9. The average molecular weight is 1110 g/mol. The summed E-state index contributed by atoms with van der Waals surface area (Å²) in [6.45, 7) is 30.8. The molecule has 3 N–H and O–H groups in total. The zero-order chi connectivity index (χ0) is 55.4. The number of nitrogens with one attached hydrogen (secondary N) is 2. The van der Waals surface area contributed by atoms with Crippen molar-refractivity contribution in [2.75, 3.05) is 78.4 Å². The molecular weight excluding hydrogens is 1010 g/mol. The van der Waals surface area contributed by atoms with Crippen molar-refractivity contribution in [1.29, 1.82) is 0 Å². The minimum Gasteiger partial charge on any atom is -0.724 e. The SMILES string of the molecule is C.CCCC[N+](CCCC)(CCCC)CCCC.CCCONC(=O)[C@@H]1CC[C@@H]2CN1C(=O)N2OCc1ccccc1.CCCONC(=O)[C@@H]1CC[C@@H]2CN1C(=O)N2OS(=O)(=O)[O-].CCN(CC)CC.CSOOO. The van der Waals surface area contributed by atoms with E-state index in [0.717, 1.165) is 36.9 Å². The van der Waals surface area contributed by atoms with Crippen molar-refractivity contribution in [3.05, 3.63) is 35.9 Å². The van der Waals surface area contributed by atoms with Crippen LogP contribution in [0.15, 0.2) is 30.3 Å². The third-order valence-electron chi connectivity index (χ3n) is 13.0. The van der Waals surface area contributed by atoms with Crippen LogP contribution in [-0.2, 0) is 54.8 Å². The summed E-state index contributed by atoms with van der Waals surface area (Å²) >= 11 is 0.929. The van der Waals surface area contributed by atoms with Crippen molar-refractivity contribution in [2.24, 2.45) is 0 Å². The Hall–Kier alpha value is -3.40. The molecule has 4 bridgehead atoms. The molecule has 4 saturated heterocycles. The summed E-state index contributed by atoms with van der Waals surface area (Å²) in [4.78, 5) is 69.6. The molecule has 22 nitrogen and oxygen atoms in total. The number of unbranched alkanes of at least 4 members (excludes halogenated alkanes) is 4. The van der Waals surface area contributed by atoms with E-state index in [1.807, 2.05) is 44.2 Å². The second-order valence-electron chi connectivity index (χ2n) is 18.5. The molecule has 1 aromatic rings. The fourth-order valence-electron chi connectivity index (χ4n) is 8.82. The van der Waals surface area contributed by atoms with E-state index in [1.165, 1.54) is 112 Å². The Balaban J connectivity index is 0.000000990. The lowest BCUT2D eigenvalue weighted by molar-refractivity contribution is -0.929. The molecule has 0 aliphatic carbocycles. The van der Waals surface area contributed by atoms with Gasteiger partial charge >= 0.3 is 12.1 Å². The van der Waals surface area contributed by atoms with E-state index < -0.39 is 40.5 Å². The van der Waals surface area contributed by atoms with Crippen molar-refractivity contribution < 1.29 is 70.1 Å². The maximum absolute atomic E-state index is 12.6. The van der Waals surface area contributed by atoms with Crippen LogP contribution in [0.2, 0.25) is 0 Å². The highest BCUT2D eigenvalue weighted by Gasteiger charge is 2.49. The van der Waals surface area contributed by atoms with E-state index in [-0.39, 0.29) is 32.0 Å². The van der Waals surface area contributed by atoms with Gasteiger partial charge in [0.15, 0.2) is 0 Å². The minimum atomic E-state index is -5.03. The number of benzene rings is 1. The Kier molecular flexibility index (Phi) is 39.8. The number of urea groups is 2. The van der Waals surface area contributed by atoms with E-state index >= 15 is 0 Å². The molecule has 4 atom stereocenters. The monoisotopic (exact) mass is 1110 g/mol. The van der Waals surface area contributed by atoms with E-state index in [1.54, 1.807) is 11.2 Å². The quantitative estimate of drug-likeness (QED) is 0.0124. The van der Waals surface area contributed by atoms with Gasteiger partial charge in [-0.2, -0.15) is 14.4 Å². The van der Waals surface area contributed by atoms with Gasteiger partial charge in [0.05, 0.1) is 51.5 Å². The van der Waals surface area contributed by atoms with Gasteiger partial charge in [0, 0.05) is 31.4 Å². The molecule has 0 aromatic heterocycles. The van der Waals surface area contributed by atoms with Crippen LogP contribution in [-0.4, -0.2) is 174 Å². The summed E-state index contributed by atoms with van der Waals surface area (Å²) in [7, 11) is -5.03. The largest absolute Gasteiger partial charge is 0.724 e. The smallest absolute Gasteiger partial charge is 0.346 e. The third-order valence-corrected chi connectivity index (χ3v) is 13.5. The van der Waals surface area contributed by atoms with Crippen LogP contribution in [0.4, 0.5) is 9.59 Å². The fraction of sp³-hybridized carbons (Fsp3) is 0.804. The Morgan fingerprint density at radius 2 is 1.11 bits per heavy atom. The third kappa shape index (κ3) is 27.2. The predicted molar refractivity (Wildman–Crippen MR) is 290 cm³/mol. The van der Waals surface area contributed by atoms with Crippen molar-refractivity contribution in [1.82, 2.24) is 35.8 Å². The lowest BCUT2D eigenvalue weighted by Gasteiger charge is -2.39. The Morgan fingerprint density at radius 3 is 1.44 bits per heavy atom. The zero-order valence-corrected chi connectivity index (χ0v) is 48.0. The predicted octanol–water partition coefficient (Wildman–Crippen LogP) is 8.62. The van der Waals surface area contributed by atoms with Crippen LogP contribution < -0.4 is 11.0 Å². The second kappa shape index (κ2) is 41.7. The molecule has 0 unspecified atom stereocenters. The van der Waals surface area contributed by atoms with Crippen LogP contribution >= 0.6 is 12.0 Å². The van der Waals surface area contributed by atoms with E-state index in [4.69, 9.17) is 19.8 Å². The molecule has 75 heavy (non-hydrogen) atoms. The molecule has 4 aliphatic heterocycles. The van der Waals surface area contributed by atoms with Gasteiger partial charge in [-0.25, -0.2) is 34.2 Å². The van der Waals surface area contributed by atoms with Gasteiger partial charge < -0.3 is 23.7 Å². The fourth-order valence-corrected chi connectivity index (χ4v) is 9.26. The molecule has 0 spiro atoms. The zero-order valence-electron chi connectivity index (χ0n) is 46.3. The number of hydrogen-bond acceptors (Lipinski definition) is 16. The number of carbonyl (C=O) groups excluding carboxylic acids is 4. The summed E-state index contributed by atoms with van der Waals surface area (Å²) in [5.74, 6) is -0.748. The number of amides is 6.